The van der Waals surface area contributed by atoms with Crippen LogP contribution in [0.3, 0.4) is 0 Å². The highest BCUT2D eigenvalue weighted by Crippen LogP contribution is 2.24. The standard InChI is InChI=1S/C15H19N3O3/c1-4-21-15(19)11-9-17-18(2)13(11)10-16-12-7-5-6-8-14(12)20-3/h5-9,16H,4,10H2,1-3H3. The van der Waals surface area contributed by atoms with E-state index in [2.05, 4.69) is 10.4 Å². The molecule has 0 saturated heterocycles. The fraction of sp³-hybridized carbons (Fsp3) is 0.333. The molecule has 0 amide bonds. The van der Waals surface area contributed by atoms with Gasteiger partial charge in [-0.05, 0) is 19.1 Å². The van der Waals surface area contributed by atoms with Gasteiger partial charge in [0, 0.05) is 7.05 Å². The average Bonchev–Trinajstić information content (AvgIpc) is 2.86. The number of ether oxygens (including phenoxy) is 2. The van der Waals surface area contributed by atoms with Gasteiger partial charge in [-0.25, -0.2) is 4.79 Å². The number of benzene rings is 1. The van der Waals surface area contributed by atoms with E-state index in [-0.39, 0.29) is 5.97 Å². The van der Waals surface area contributed by atoms with E-state index < -0.39 is 0 Å². The molecule has 6 nitrogen and oxygen atoms in total. The van der Waals surface area contributed by atoms with Gasteiger partial charge < -0.3 is 14.8 Å². The van der Waals surface area contributed by atoms with E-state index in [0.717, 1.165) is 17.1 Å². The molecule has 21 heavy (non-hydrogen) atoms. The van der Waals surface area contributed by atoms with Gasteiger partial charge in [-0.2, -0.15) is 5.10 Å². The number of methoxy groups -OCH3 is 1. The summed E-state index contributed by atoms with van der Waals surface area (Å²) in [5.74, 6) is 0.389. The van der Waals surface area contributed by atoms with E-state index in [0.29, 0.717) is 18.7 Å². The Morgan fingerprint density at radius 3 is 2.86 bits per heavy atom. The molecule has 0 radical (unpaired) electrons. The molecule has 0 aliphatic carbocycles. The molecular formula is C15H19N3O3. The number of rotatable bonds is 6. The Labute approximate surface area is 123 Å². The lowest BCUT2D eigenvalue weighted by atomic mass is 10.2. The van der Waals surface area contributed by atoms with Crippen molar-refractivity contribution in [3.8, 4) is 5.75 Å². The fourth-order valence-electron chi connectivity index (χ4n) is 2.02. The first kappa shape index (κ1) is 14.9. The van der Waals surface area contributed by atoms with E-state index >= 15 is 0 Å². The van der Waals surface area contributed by atoms with Crippen molar-refractivity contribution >= 4 is 11.7 Å². The highest BCUT2D eigenvalue weighted by atomic mass is 16.5. The molecule has 0 aliphatic rings. The second-order valence-electron chi connectivity index (χ2n) is 4.40. The number of para-hydroxylation sites is 2. The summed E-state index contributed by atoms with van der Waals surface area (Å²) in [6.45, 7) is 2.57. The first-order chi connectivity index (χ1) is 10.2. The Balaban J connectivity index is 2.16. The Morgan fingerprint density at radius 2 is 2.14 bits per heavy atom. The molecule has 0 bridgehead atoms. The maximum absolute atomic E-state index is 11.9. The topological polar surface area (TPSA) is 65.4 Å². The van der Waals surface area contributed by atoms with Crippen LogP contribution in [0.2, 0.25) is 0 Å². The van der Waals surface area contributed by atoms with Crippen LogP contribution >= 0.6 is 0 Å². The van der Waals surface area contributed by atoms with E-state index in [9.17, 15) is 4.79 Å². The molecule has 0 unspecified atom stereocenters. The van der Waals surface area contributed by atoms with Crippen molar-refractivity contribution in [1.29, 1.82) is 0 Å². The van der Waals surface area contributed by atoms with Gasteiger partial charge in [0.15, 0.2) is 0 Å². The van der Waals surface area contributed by atoms with Crippen LogP contribution in [0.15, 0.2) is 30.5 Å². The maximum atomic E-state index is 11.9. The minimum atomic E-state index is -0.359. The highest BCUT2D eigenvalue weighted by Gasteiger charge is 2.17. The number of hydrogen-bond acceptors (Lipinski definition) is 5. The van der Waals surface area contributed by atoms with Crippen molar-refractivity contribution in [3.05, 3.63) is 41.7 Å². The molecule has 2 rings (SSSR count). The van der Waals surface area contributed by atoms with Crippen molar-refractivity contribution in [2.75, 3.05) is 19.0 Å². The fourth-order valence-corrected chi connectivity index (χ4v) is 2.02. The molecule has 112 valence electrons. The third-order valence-electron chi connectivity index (χ3n) is 3.11. The summed E-state index contributed by atoms with van der Waals surface area (Å²) in [6.07, 6.45) is 1.53. The van der Waals surface area contributed by atoms with E-state index in [4.69, 9.17) is 9.47 Å². The Bertz CT molecular complexity index is 622. The summed E-state index contributed by atoms with van der Waals surface area (Å²) in [5, 5.41) is 7.37. The summed E-state index contributed by atoms with van der Waals surface area (Å²) in [5.41, 5.74) is 2.09. The summed E-state index contributed by atoms with van der Waals surface area (Å²) < 4.78 is 12.0. The van der Waals surface area contributed by atoms with Gasteiger partial charge in [0.1, 0.15) is 11.3 Å². The zero-order chi connectivity index (χ0) is 15.2. The molecule has 2 aromatic rings. The molecule has 1 heterocycles. The van der Waals surface area contributed by atoms with E-state index in [1.807, 2.05) is 24.3 Å². The minimum absolute atomic E-state index is 0.340. The summed E-state index contributed by atoms with van der Waals surface area (Å²) in [6, 6.07) is 7.61. The molecule has 0 fully saturated rings. The number of carbonyl (C=O) groups excluding carboxylic acids is 1. The number of carbonyl (C=O) groups is 1. The number of nitrogens with one attached hydrogen (secondary N) is 1. The lowest BCUT2D eigenvalue weighted by Crippen LogP contribution is -2.12. The van der Waals surface area contributed by atoms with Crippen LogP contribution in [0, 0.1) is 0 Å². The predicted molar refractivity (Wildman–Crippen MR) is 79.5 cm³/mol. The van der Waals surface area contributed by atoms with Gasteiger partial charge in [0.2, 0.25) is 0 Å². The van der Waals surface area contributed by atoms with Crippen LogP contribution in [0.1, 0.15) is 23.0 Å². The Hall–Kier alpha value is -2.50. The molecule has 0 atom stereocenters. The van der Waals surface area contributed by atoms with Crippen LogP contribution in [0.4, 0.5) is 5.69 Å². The van der Waals surface area contributed by atoms with Crippen LogP contribution in [0.25, 0.3) is 0 Å². The summed E-state index contributed by atoms with van der Waals surface area (Å²) in [4.78, 5) is 11.9. The SMILES string of the molecule is CCOC(=O)c1cnn(C)c1CNc1ccccc1OC. The lowest BCUT2D eigenvalue weighted by Gasteiger charge is -2.12. The molecule has 0 spiro atoms. The molecule has 0 aliphatic heterocycles. The summed E-state index contributed by atoms with van der Waals surface area (Å²) >= 11 is 0. The summed E-state index contributed by atoms with van der Waals surface area (Å²) in [7, 11) is 3.41. The smallest absolute Gasteiger partial charge is 0.341 e. The predicted octanol–water partition coefficient (Wildman–Crippen LogP) is 2.22. The van der Waals surface area contributed by atoms with Crippen LogP contribution in [-0.4, -0.2) is 29.5 Å². The number of aromatic nitrogens is 2. The number of aryl methyl sites for hydroxylation is 1. The number of hydrogen-bond donors (Lipinski definition) is 1. The molecule has 1 N–H and O–H groups in total. The van der Waals surface area contributed by atoms with E-state index in [1.165, 1.54) is 6.20 Å². The second-order valence-corrected chi connectivity index (χ2v) is 4.40. The first-order valence-electron chi connectivity index (χ1n) is 6.72. The normalized spacial score (nSPS) is 10.2. The molecule has 1 aromatic carbocycles. The van der Waals surface area contributed by atoms with Crippen molar-refractivity contribution in [2.24, 2.45) is 7.05 Å². The van der Waals surface area contributed by atoms with Crippen LogP contribution < -0.4 is 10.1 Å². The van der Waals surface area contributed by atoms with Crippen molar-refractivity contribution < 1.29 is 14.3 Å². The van der Waals surface area contributed by atoms with Gasteiger partial charge in [-0.15, -0.1) is 0 Å². The zero-order valence-corrected chi connectivity index (χ0v) is 12.4. The number of nitrogens with zero attached hydrogens (tertiary/aromatic N) is 2. The Morgan fingerprint density at radius 1 is 1.38 bits per heavy atom. The van der Waals surface area contributed by atoms with Gasteiger partial charge in [0.05, 0.1) is 37.8 Å². The Kier molecular flexibility index (Phi) is 4.81. The number of anilines is 1. The highest BCUT2D eigenvalue weighted by molar-refractivity contribution is 5.90. The molecule has 1 aromatic heterocycles. The molecule has 6 heteroatoms. The lowest BCUT2D eigenvalue weighted by molar-refractivity contribution is 0.0525. The average molecular weight is 289 g/mol. The first-order valence-corrected chi connectivity index (χ1v) is 6.72. The van der Waals surface area contributed by atoms with Crippen LogP contribution in [-0.2, 0) is 18.3 Å². The number of esters is 1. The quantitative estimate of drug-likeness (QED) is 0.826. The van der Waals surface area contributed by atoms with Crippen LogP contribution in [0.5, 0.6) is 5.75 Å². The third kappa shape index (κ3) is 3.34. The molecule has 0 saturated carbocycles. The monoisotopic (exact) mass is 289 g/mol. The van der Waals surface area contributed by atoms with Crippen molar-refractivity contribution in [1.82, 2.24) is 9.78 Å². The van der Waals surface area contributed by atoms with Crippen molar-refractivity contribution in [2.45, 2.75) is 13.5 Å². The largest absolute Gasteiger partial charge is 0.495 e. The van der Waals surface area contributed by atoms with E-state index in [1.54, 1.807) is 25.8 Å². The van der Waals surface area contributed by atoms with Gasteiger partial charge in [0.25, 0.3) is 0 Å². The van der Waals surface area contributed by atoms with Gasteiger partial charge >= 0.3 is 5.97 Å². The van der Waals surface area contributed by atoms with Gasteiger partial charge in [-0.3, -0.25) is 4.68 Å². The third-order valence-corrected chi connectivity index (χ3v) is 3.11. The maximum Gasteiger partial charge on any atom is 0.341 e. The zero-order valence-electron chi connectivity index (χ0n) is 12.4. The molecular weight excluding hydrogens is 270 g/mol. The van der Waals surface area contributed by atoms with Crippen molar-refractivity contribution in [3.63, 3.8) is 0 Å². The second kappa shape index (κ2) is 6.78. The van der Waals surface area contributed by atoms with Gasteiger partial charge in [-0.1, -0.05) is 12.1 Å². The minimum Gasteiger partial charge on any atom is -0.495 e.